The molecule has 1 aliphatic rings. The second kappa shape index (κ2) is 3.68. The first kappa shape index (κ1) is 9.64. The number of hydrogen-bond donors (Lipinski definition) is 1. The summed E-state index contributed by atoms with van der Waals surface area (Å²) < 4.78 is 12.6. The lowest BCUT2D eigenvalue weighted by Gasteiger charge is -2.17. The number of benzene rings is 1. The standard InChI is InChI=1S/C10H9FN2O2/c1-6-10(14)12-9(13-15-6)7-2-4-8(11)5-3-7/h2-6H,1H3,(H,12,13,14). The Labute approximate surface area is 85.7 Å². The number of hydrogen-bond acceptors (Lipinski definition) is 3. The lowest BCUT2D eigenvalue weighted by Crippen LogP contribution is -2.42. The van der Waals surface area contributed by atoms with Gasteiger partial charge in [-0.2, -0.15) is 0 Å². The van der Waals surface area contributed by atoms with Gasteiger partial charge in [-0.05, 0) is 31.2 Å². The molecule has 4 nitrogen and oxygen atoms in total. The Morgan fingerprint density at radius 3 is 2.67 bits per heavy atom. The number of halogens is 1. The number of amidine groups is 1. The van der Waals surface area contributed by atoms with Crippen molar-refractivity contribution in [1.82, 2.24) is 5.32 Å². The fourth-order valence-corrected chi connectivity index (χ4v) is 1.15. The summed E-state index contributed by atoms with van der Waals surface area (Å²) in [5, 5.41) is 6.29. The van der Waals surface area contributed by atoms with E-state index in [1.807, 2.05) is 0 Å². The summed E-state index contributed by atoms with van der Waals surface area (Å²) in [7, 11) is 0. The van der Waals surface area contributed by atoms with Crippen LogP contribution in [0.3, 0.4) is 0 Å². The summed E-state index contributed by atoms with van der Waals surface area (Å²) in [5.74, 6) is -0.293. The fourth-order valence-electron chi connectivity index (χ4n) is 1.15. The predicted octanol–water partition coefficient (Wildman–Crippen LogP) is 1.02. The van der Waals surface area contributed by atoms with Gasteiger partial charge in [-0.15, -0.1) is 0 Å². The van der Waals surface area contributed by atoms with E-state index in [4.69, 9.17) is 4.84 Å². The molecule has 0 aromatic heterocycles. The van der Waals surface area contributed by atoms with Crippen molar-refractivity contribution in [1.29, 1.82) is 0 Å². The van der Waals surface area contributed by atoms with Gasteiger partial charge in [-0.1, -0.05) is 5.16 Å². The minimum absolute atomic E-state index is 0.260. The Balaban J connectivity index is 2.25. The molecule has 0 spiro atoms. The van der Waals surface area contributed by atoms with Gasteiger partial charge in [0.15, 0.2) is 5.84 Å². The topological polar surface area (TPSA) is 50.7 Å². The van der Waals surface area contributed by atoms with Crippen LogP contribution in [0, 0.1) is 5.82 Å². The van der Waals surface area contributed by atoms with Crippen LogP contribution in [0.4, 0.5) is 4.39 Å². The van der Waals surface area contributed by atoms with Gasteiger partial charge in [0.05, 0.1) is 0 Å². The average Bonchev–Trinajstić information content (AvgIpc) is 2.23. The maximum atomic E-state index is 12.6. The molecule has 15 heavy (non-hydrogen) atoms. The zero-order chi connectivity index (χ0) is 10.8. The molecular formula is C10H9FN2O2. The molecule has 1 heterocycles. The molecule has 0 radical (unpaired) electrons. The molecule has 0 saturated carbocycles. The van der Waals surface area contributed by atoms with Crippen LogP contribution in [-0.2, 0) is 9.63 Å². The van der Waals surface area contributed by atoms with Crippen molar-refractivity contribution in [3.8, 4) is 0 Å². The van der Waals surface area contributed by atoms with Crippen LogP contribution in [-0.4, -0.2) is 17.8 Å². The van der Waals surface area contributed by atoms with E-state index >= 15 is 0 Å². The highest BCUT2D eigenvalue weighted by atomic mass is 19.1. The van der Waals surface area contributed by atoms with E-state index in [0.29, 0.717) is 11.4 Å². The minimum atomic E-state index is -0.589. The largest absolute Gasteiger partial charge is 0.381 e. The van der Waals surface area contributed by atoms with E-state index in [9.17, 15) is 9.18 Å². The van der Waals surface area contributed by atoms with Gasteiger partial charge in [0.25, 0.3) is 5.91 Å². The van der Waals surface area contributed by atoms with Crippen LogP contribution in [0.25, 0.3) is 0 Å². The van der Waals surface area contributed by atoms with Crippen molar-refractivity contribution in [2.45, 2.75) is 13.0 Å². The van der Waals surface area contributed by atoms with Gasteiger partial charge >= 0.3 is 0 Å². The highest BCUT2D eigenvalue weighted by Gasteiger charge is 2.22. The average molecular weight is 208 g/mol. The zero-order valence-electron chi connectivity index (χ0n) is 8.03. The molecule has 2 rings (SSSR count). The minimum Gasteiger partial charge on any atom is -0.381 e. The number of carbonyl (C=O) groups excluding carboxylic acids is 1. The molecule has 1 aromatic carbocycles. The quantitative estimate of drug-likeness (QED) is 0.749. The van der Waals surface area contributed by atoms with Crippen LogP contribution in [0.1, 0.15) is 12.5 Å². The second-order valence-electron chi connectivity index (χ2n) is 3.18. The van der Waals surface area contributed by atoms with Crippen molar-refractivity contribution in [2.24, 2.45) is 5.16 Å². The van der Waals surface area contributed by atoms with E-state index in [1.54, 1.807) is 6.92 Å². The van der Waals surface area contributed by atoms with E-state index in [0.717, 1.165) is 0 Å². The molecule has 0 fully saturated rings. The number of rotatable bonds is 1. The predicted molar refractivity (Wildman–Crippen MR) is 51.6 cm³/mol. The second-order valence-corrected chi connectivity index (χ2v) is 3.18. The maximum Gasteiger partial charge on any atom is 0.269 e. The van der Waals surface area contributed by atoms with Crippen molar-refractivity contribution < 1.29 is 14.0 Å². The summed E-state index contributed by atoms with van der Waals surface area (Å²) >= 11 is 0. The molecule has 0 saturated heterocycles. The van der Waals surface area contributed by atoms with E-state index in [-0.39, 0.29) is 11.7 Å². The first-order chi connectivity index (χ1) is 7.16. The molecule has 1 amide bonds. The highest BCUT2D eigenvalue weighted by molar-refractivity contribution is 6.09. The lowest BCUT2D eigenvalue weighted by atomic mass is 10.2. The maximum absolute atomic E-state index is 12.6. The molecule has 1 aliphatic heterocycles. The van der Waals surface area contributed by atoms with Crippen LogP contribution < -0.4 is 5.32 Å². The molecule has 5 heteroatoms. The Bertz CT molecular complexity index is 414. The van der Waals surface area contributed by atoms with Crippen LogP contribution >= 0.6 is 0 Å². The molecule has 1 N–H and O–H groups in total. The van der Waals surface area contributed by atoms with Crippen LogP contribution in [0.5, 0.6) is 0 Å². The lowest BCUT2D eigenvalue weighted by molar-refractivity contribution is -0.131. The number of nitrogens with zero attached hydrogens (tertiary/aromatic N) is 1. The highest BCUT2D eigenvalue weighted by Crippen LogP contribution is 2.07. The molecule has 1 atom stereocenters. The van der Waals surface area contributed by atoms with Crippen molar-refractivity contribution >= 4 is 11.7 Å². The van der Waals surface area contributed by atoms with Crippen molar-refractivity contribution in [2.75, 3.05) is 0 Å². The third kappa shape index (κ3) is 1.96. The van der Waals surface area contributed by atoms with Crippen LogP contribution in [0.2, 0.25) is 0 Å². The molecule has 1 unspecified atom stereocenters. The Morgan fingerprint density at radius 2 is 2.07 bits per heavy atom. The SMILES string of the molecule is CC1ON=C(c2ccc(F)cc2)NC1=O. The molecule has 78 valence electrons. The summed E-state index contributed by atoms with van der Waals surface area (Å²) in [6.07, 6.45) is -0.589. The fraction of sp³-hybridized carbons (Fsp3) is 0.200. The van der Waals surface area contributed by atoms with Crippen molar-refractivity contribution in [3.05, 3.63) is 35.6 Å². The van der Waals surface area contributed by atoms with Gasteiger partial charge in [0.2, 0.25) is 6.10 Å². The number of oxime groups is 1. The Hall–Kier alpha value is -1.91. The van der Waals surface area contributed by atoms with Gasteiger partial charge < -0.3 is 10.2 Å². The summed E-state index contributed by atoms with van der Waals surface area (Å²) in [5.41, 5.74) is 0.608. The molecular weight excluding hydrogens is 199 g/mol. The molecule has 0 bridgehead atoms. The van der Waals surface area contributed by atoms with Gasteiger partial charge in [0, 0.05) is 5.56 Å². The van der Waals surface area contributed by atoms with Crippen molar-refractivity contribution in [3.63, 3.8) is 0 Å². The van der Waals surface area contributed by atoms with Gasteiger partial charge in [0.1, 0.15) is 5.82 Å². The number of carbonyl (C=O) groups is 1. The third-order valence-corrected chi connectivity index (χ3v) is 2.03. The van der Waals surface area contributed by atoms with Gasteiger partial charge in [-0.3, -0.25) is 4.79 Å². The Morgan fingerprint density at radius 1 is 1.40 bits per heavy atom. The number of amides is 1. The monoisotopic (exact) mass is 208 g/mol. The normalized spacial score (nSPS) is 20.3. The summed E-state index contributed by atoms with van der Waals surface area (Å²) in [6, 6.07) is 5.63. The summed E-state index contributed by atoms with van der Waals surface area (Å²) in [4.78, 5) is 16.1. The van der Waals surface area contributed by atoms with Gasteiger partial charge in [-0.25, -0.2) is 4.39 Å². The zero-order valence-corrected chi connectivity index (χ0v) is 8.03. The first-order valence-corrected chi connectivity index (χ1v) is 4.47. The van der Waals surface area contributed by atoms with E-state index in [1.165, 1.54) is 24.3 Å². The first-order valence-electron chi connectivity index (χ1n) is 4.47. The van der Waals surface area contributed by atoms with Crippen LogP contribution in [0.15, 0.2) is 29.4 Å². The van der Waals surface area contributed by atoms with E-state index in [2.05, 4.69) is 10.5 Å². The molecule has 0 aliphatic carbocycles. The molecule has 1 aromatic rings. The third-order valence-electron chi connectivity index (χ3n) is 2.03. The number of nitrogens with one attached hydrogen (secondary N) is 1. The smallest absolute Gasteiger partial charge is 0.269 e. The van der Waals surface area contributed by atoms with E-state index < -0.39 is 6.10 Å². The summed E-state index contributed by atoms with van der Waals surface area (Å²) in [6.45, 7) is 1.60. The Kier molecular flexibility index (Phi) is 2.37.